The van der Waals surface area contributed by atoms with E-state index in [2.05, 4.69) is 43.0 Å². The minimum absolute atomic E-state index is 0.0324. The van der Waals surface area contributed by atoms with Crippen molar-refractivity contribution in [1.82, 2.24) is 14.9 Å². The maximum Gasteiger partial charge on any atom is 0.253 e. The number of carbonyl (C=O) groups is 2. The van der Waals surface area contributed by atoms with Crippen LogP contribution in [0.1, 0.15) is 46.6 Å². The third kappa shape index (κ3) is 5.22. The van der Waals surface area contributed by atoms with Crippen LogP contribution in [-0.2, 0) is 4.79 Å². The van der Waals surface area contributed by atoms with Crippen molar-refractivity contribution in [3.8, 4) is 0 Å². The number of carbonyl (C=O) groups excluding carboxylic acids is 2. The maximum absolute atomic E-state index is 13.1. The predicted octanol–water partition coefficient (Wildman–Crippen LogP) is 5.47. The minimum Gasteiger partial charge on any atom is -0.338 e. The van der Waals surface area contributed by atoms with Crippen molar-refractivity contribution in [2.45, 2.75) is 46.1 Å². The van der Waals surface area contributed by atoms with Gasteiger partial charge < -0.3 is 10.2 Å². The second-order valence-corrected chi connectivity index (χ2v) is 11.3. The number of aromatic nitrogens is 2. The monoisotopic (exact) mass is 482 g/mol. The van der Waals surface area contributed by atoms with Gasteiger partial charge in [-0.1, -0.05) is 31.7 Å². The van der Waals surface area contributed by atoms with Gasteiger partial charge in [0.15, 0.2) is 0 Å². The molecule has 3 aromatic rings. The zero-order valence-corrected chi connectivity index (χ0v) is 21.4. The van der Waals surface area contributed by atoms with E-state index in [1.807, 2.05) is 24.0 Å². The molecule has 4 rings (SSSR count). The van der Waals surface area contributed by atoms with Gasteiger partial charge in [0.1, 0.15) is 16.2 Å². The van der Waals surface area contributed by atoms with Gasteiger partial charge in [0.25, 0.3) is 5.91 Å². The highest BCUT2D eigenvalue weighted by molar-refractivity contribution is 8.00. The Morgan fingerprint density at radius 3 is 2.61 bits per heavy atom. The summed E-state index contributed by atoms with van der Waals surface area (Å²) in [6, 6.07) is 5.56. The molecule has 1 fully saturated rings. The maximum atomic E-state index is 13.1. The van der Waals surface area contributed by atoms with E-state index < -0.39 is 0 Å². The van der Waals surface area contributed by atoms with Crippen molar-refractivity contribution in [2.24, 2.45) is 11.8 Å². The first-order valence-corrected chi connectivity index (χ1v) is 13.1. The van der Waals surface area contributed by atoms with E-state index in [9.17, 15) is 9.59 Å². The minimum atomic E-state index is -0.121. The fourth-order valence-corrected chi connectivity index (χ4v) is 6.40. The third-order valence-corrected chi connectivity index (χ3v) is 8.29. The molecule has 2 aromatic heterocycles. The predicted molar refractivity (Wildman–Crippen MR) is 136 cm³/mol. The molecule has 1 aliphatic heterocycles. The summed E-state index contributed by atoms with van der Waals surface area (Å²) in [6.07, 6.45) is 2.71. The Hall–Kier alpha value is -2.45. The van der Waals surface area contributed by atoms with Gasteiger partial charge in [-0.2, -0.15) is 0 Å². The summed E-state index contributed by atoms with van der Waals surface area (Å²) in [7, 11) is 0. The van der Waals surface area contributed by atoms with Crippen LogP contribution in [0.3, 0.4) is 0 Å². The van der Waals surface area contributed by atoms with Gasteiger partial charge in [-0.05, 0) is 62.3 Å². The molecule has 3 heterocycles. The smallest absolute Gasteiger partial charge is 0.253 e. The number of piperidine rings is 1. The van der Waals surface area contributed by atoms with Gasteiger partial charge >= 0.3 is 0 Å². The number of amides is 2. The molecule has 2 unspecified atom stereocenters. The number of aryl methyl sites for hydroxylation is 3. The summed E-state index contributed by atoms with van der Waals surface area (Å²) in [6.45, 7) is 12.0. The summed E-state index contributed by atoms with van der Waals surface area (Å²) in [5.74, 6) is 1.15. The summed E-state index contributed by atoms with van der Waals surface area (Å²) in [5.41, 5.74) is 3.40. The number of hydrogen-bond donors (Lipinski definition) is 1. The molecule has 2 atom stereocenters. The van der Waals surface area contributed by atoms with Crippen LogP contribution >= 0.6 is 23.1 Å². The first-order valence-electron chi connectivity index (χ1n) is 11.3. The van der Waals surface area contributed by atoms with Crippen LogP contribution in [0.15, 0.2) is 29.6 Å². The lowest BCUT2D eigenvalue weighted by Gasteiger charge is -2.35. The third-order valence-electron chi connectivity index (χ3n) is 6.19. The number of hydrogen-bond acceptors (Lipinski definition) is 6. The molecule has 1 aromatic carbocycles. The number of fused-ring (bicyclic) bond motifs is 1. The van der Waals surface area contributed by atoms with Crippen LogP contribution in [0.25, 0.3) is 10.2 Å². The van der Waals surface area contributed by atoms with Crippen LogP contribution in [0.4, 0.5) is 5.69 Å². The van der Waals surface area contributed by atoms with E-state index >= 15 is 0 Å². The van der Waals surface area contributed by atoms with Gasteiger partial charge in [-0.15, -0.1) is 11.3 Å². The zero-order chi connectivity index (χ0) is 23.7. The summed E-state index contributed by atoms with van der Waals surface area (Å²) in [5, 5.41) is 4.85. The Morgan fingerprint density at radius 1 is 1.15 bits per heavy atom. The van der Waals surface area contributed by atoms with E-state index in [-0.39, 0.29) is 17.6 Å². The van der Waals surface area contributed by atoms with Crippen molar-refractivity contribution in [1.29, 1.82) is 0 Å². The summed E-state index contributed by atoms with van der Waals surface area (Å²) in [4.78, 5) is 38.7. The molecule has 1 saturated heterocycles. The Kier molecular flexibility index (Phi) is 7.05. The number of nitrogens with one attached hydrogen (secondary N) is 1. The zero-order valence-electron chi connectivity index (χ0n) is 19.8. The highest BCUT2D eigenvalue weighted by Crippen LogP contribution is 2.34. The van der Waals surface area contributed by atoms with E-state index in [0.717, 1.165) is 40.3 Å². The van der Waals surface area contributed by atoms with Crippen LogP contribution in [-0.4, -0.2) is 45.5 Å². The number of likely N-dealkylation sites (tertiary alicyclic amines) is 1. The normalized spacial score (nSPS) is 18.5. The van der Waals surface area contributed by atoms with Gasteiger partial charge in [-0.3, -0.25) is 9.59 Å². The largest absolute Gasteiger partial charge is 0.338 e. The number of rotatable bonds is 5. The van der Waals surface area contributed by atoms with Crippen molar-refractivity contribution in [3.63, 3.8) is 0 Å². The fourth-order valence-electron chi connectivity index (χ4n) is 4.48. The highest BCUT2D eigenvalue weighted by atomic mass is 32.2. The van der Waals surface area contributed by atoms with Crippen molar-refractivity contribution >= 4 is 50.8 Å². The van der Waals surface area contributed by atoms with Gasteiger partial charge in [-0.25, -0.2) is 9.97 Å². The van der Waals surface area contributed by atoms with E-state index in [1.54, 1.807) is 23.7 Å². The number of nitrogens with zero attached hydrogens (tertiary/aromatic N) is 3. The molecular weight excluding hydrogens is 452 g/mol. The first-order chi connectivity index (χ1) is 15.7. The van der Waals surface area contributed by atoms with Gasteiger partial charge in [0, 0.05) is 34.6 Å². The van der Waals surface area contributed by atoms with Crippen molar-refractivity contribution in [2.75, 3.05) is 24.2 Å². The topological polar surface area (TPSA) is 75.2 Å². The molecule has 0 bridgehead atoms. The lowest BCUT2D eigenvalue weighted by atomic mass is 9.91. The molecule has 0 radical (unpaired) electrons. The molecule has 0 saturated carbocycles. The van der Waals surface area contributed by atoms with E-state index in [1.165, 1.54) is 22.2 Å². The standard InChI is InChI=1S/C25H30N4O2S2/c1-14-8-15(2)11-29(10-14)25(31)19-7-6-16(3)20(9-19)28-21(30)12-32-23-22-17(4)18(5)33-24(22)27-13-26-23/h6-7,9,13-15H,8,10-12H2,1-5H3,(H,28,30). The molecule has 2 amide bonds. The quantitative estimate of drug-likeness (QED) is 0.386. The van der Waals surface area contributed by atoms with E-state index in [4.69, 9.17) is 0 Å². The Labute approximate surface area is 203 Å². The summed E-state index contributed by atoms with van der Waals surface area (Å²) < 4.78 is 0. The second kappa shape index (κ2) is 9.81. The first kappa shape index (κ1) is 23.7. The Morgan fingerprint density at radius 2 is 1.88 bits per heavy atom. The SMILES string of the molecule is Cc1ccc(C(=O)N2CC(C)CC(C)C2)cc1NC(=O)CSc1ncnc2sc(C)c(C)c12. The van der Waals surface area contributed by atoms with Crippen LogP contribution < -0.4 is 5.32 Å². The number of anilines is 1. The average Bonchev–Trinajstić information content (AvgIpc) is 3.06. The fraction of sp³-hybridized carbons (Fsp3) is 0.440. The highest BCUT2D eigenvalue weighted by Gasteiger charge is 2.26. The Balaban J connectivity index is 1.45. The lowest BCUT2D eigenvalue weighted by Crippen LogP contribution is -2.42. The number of thioether (sulfide) groups is 1. The molecular formula is C25H30N4O2S2. The molecule has 33 heavy (non-hydrogen) atoms. The van der Waals surface area contributed by atoms with Crippen LogP contribution in [0.5, 0.6) is 0 Å². The molecule has 6 nitrogen and oxygen atoms in total. The van der Waals surface area contributed by atoms with E-state index in [0.29, 0.717) is 23.1 Å². The Bertz CT molecular complexity index is 1200. The molecule has 1 aliphatic rings. The number of benzene rings is 1. The lowest BCUT2D eigenvalue weighted by molar-refractivity contribution is -0.113. The molecule has 0 spiro atoms. The van der Waals surface area contributed by atoms with Crippen LogP contribution in [0.2, 0.25) is 0 Å². The number of thiophene rings is 1. The van der Waals surface area contributed by atoms with Crippen molar-refractivity contribution in [3.05, 3.63) is 46.1 Å². The van der Waals surface area contributed by atoms with Gasteiger partial charge in [0.05, 0.1) is 5.75 Å². The van der Waals surface area contributed by atoms with Crippen LogP contribution in [0, 0.1) is 32.6 Å². The molecule has 174 valence electrons. The summed E-state index contributed by atoms with van der Waals surface area (Å²) >= 11 is 3.06. The average molecular weight is 483 g/mol. The molecule has 1 N–H and O–H groups in total. The second-order valence-electron chi connectivity index (χ2n) is 9.16. The molecule has 0 aliphatic carbocycles. The van der Waals surface area contributed by atoms with Crippen molar-refractivity contribution < 1.29 is 9.59 Å². The molecule has 8 heteroatoms. The van der Waals surface area contributed by atoms with Gasteiger partial charge in [0.2, 0.25) is 5.91 Å².